The molecule has 1 saturated heterocycles. The summed E-state index contributed by atoms with van der Waals surface area (Å²) in [7, 11) is 6.33. The summed E-state index contributed by atoms with van der Waals surface area (Å²) in [5, 5.41) is 11.0. The molecule has 0 radical (unpaired) electrons. The van der Waals surface area contributed by atoms with E-state index in [1.54, 1.807) is 70.5 Å². The van der Waals surface area contributed by atoms with E-state index in [1.165, 1.54) is 23.3 Å². The van der Waals surface area contributed by atoms with Crippen LogP contribution in [0.25, 0.3) is 0 Å². The minimum atomic E-state index is -0.960. The first-order valence-corrected chi connectivity index (χ1v) is 36.5. The van der Waals surface area contributed by atoms with Crippen molar-refractivity contribution in [2.45, 2.75) is 182 Å². The Morgan fingerprint density at radius 1 is 0.713 bits per heavy atom. The maximum atomic E-state index is 15.0. The number of nitrogens with one attached hydrogen (secondary N) is 3. The number of carbonyl (C=O) groups is 9. The number of ketones is 3. The second kappa shape index (κ2) is 46.7. The number of likely N-dealkylation sites (N-methyl/N-ethyl adjacent to an activating group) is 2. The lowest BCUT2D eigenvalue weighted by molar-refractivity contribution is -0.149. The largest absolute Gasteiger partial charge is 0.445 e. The third-order valence-corrected chi connectivity index (χ3v) is 19.8. The van der Waals surface area contributed by atoms with Crippen LogP contribution in [0.5, 0.6) is 0 Å². The molecule has 1 fully saturated rings. The van der Waals surface area contributed by atoms with Crippen LogP contribution < -0.4 is 27.6 Å². The Balaban J connectivity index is 1.35. The van der Waals surface area contributed by atoms with Gasteiger partial charge in [-0.05, 0) is 79.0 Å². The molecule has 3 aromatic rings. The quantitative estimate of drug-likeness (QED) is 0.0262. The monoisotopic (exact) mass is 1440 g/mol. The van der Waals surface area contributed by atoms with Crippen LogP contribution in [-0.4, -0.2) is 210 Å². The van der Waals surface area contributed by atoms with Crippen LogP contribution >= 0.6 is 11.3 Å². The van der Waals surface area contributed by atoms with Gasteiger partial charge in [0, 0.05) is 108 Å². The van der Waals surface area contributed by atoms with Gasteiger partial charge in [-0.25, -0.2) is 20.5 Å². The highest BCUT2D eigenvalue weighted by atomic mass is 32.1. The van der Waals surface area contributed by atoms with E-state index in [9.17, 15) is 43.2 Å². The molecular weight excluding hydrogens is 1320 g/mol. The minimum Gasteiger partial charge on any atom is -0.445 e. The van der Waals surface area contributed by atoms with Crippen LogP contribution in [0, 0.1) is 41.4 Å². The van der Waals surface area contributed by atoms with Crippen molar-refractivity contribution >= 4 is 70.1 Å². The number of amides is 7. The minimum absolute atomic E-state index is 0.00827. The van der Waals surface area contributed by atoms with Crippen LogP contribution in [-0.2, 0) is 84.6 Å². The number of ether oxygens (including phenoxy) is 7. The lowest BCUT2D eigenvalue weighted by atomic mass is 9.83. The van der Waals surface area contributed by atoms with E-state index in [1.807, 2.05) is 76.9 Å². The van der Waals surface area contributed by atoms with E-state index in [-0.39, 0.29) is 130 Å². The topological polar surface area (TPSA) is 338 Å². The first kappa shape index (κ1) is 86.6. The average molecular weight is 1440 g/mol. The lowest BCUT2D eigenvalue weighted by Gasteiger charge is -2.41. The highest BCUT2D eigenvalue weighted by Crippen LogP contribution is 2.34. The fourth-order valence-electron chi connectivity index (χ4n) is 13.0. The predicted molar refractivity (Wildman–Crippen MR) is 385 cm³/mol. The van der Waals surface area contributed by atoms with Gasteiger partial charge in [-0.15, -0.1) is 11.3 Å². The van der Waals surface area contributed by atoms with Gasteiger partial charge in [0.25, 0.3) is 0 Å². The Hall–Kier alpha value is -6.82. The molecule has 0 saturated carbocycles. The Kier molecular flexibility index (Phi) is 40.1. The van der Waals surface area contributed by atoms with Gasteiger partial charge >= 0.3 is 12.1 Å². The number of hydrogen-bond acceptors (Lipinski definition) is 20. The summed E-state index contributed by atoms with van der Waals surface area (Å²) in [4.78, 5) is 138. The molecule has 27 heteroatoms. The van der Waals surface area contributed by atoms with Gasteiger partial charge in [-0.2, -0.15) is 0 Å². The molecule has 566 valence electrons. The number of benzene rings is 2. The van der Waals surface area contributed by atoms with Crippen LogP contribution in [0.2, 0.25) is 0 Å². The number of nitrogens with two attached hydrogens (primary N) is 2. The van der Waals surface area contributed by atoms with Crippen molar-refractivity contribution in [2.75, 3.05) is 106 Å². The third-order valence-electron chi connectivity index (χ3n) is 18.8. The van der Waals surface area contributed by atoms with Gasteiger partial charge in [0.05, 0.1) is 107 Å². The van der Waals surface area contributed by atoms with Gasteiger partial charge in [0.2, 0.25) is 23.6 Å². The number of aromatic nitrogens is 1. The highest BCUT2D eigenvalue weighted by Gasteiger charge is 2.44. The fourth-order valence-corrected chi connectivity index (χ4v) is 13.8. The van der Waals surface area contributed by atoms with Crippen molar-refractivity contribution in [2.24, 2.45) is 53.1 Å². The number of Topliss-reactive ketones (excluding diaryl/α,β-unsaturated/α-hetero) is 3. The third kappa shape index (κ3) is 29.5. The van der Waals surface area contributed by atoms with E-state index < -0.39 is 72.0 Å². The Bertz CT molecular complexity index is 2960. The van der Waals surface area contributed by atoms with E-state index in [0.717, 1.165) is 17.0 Å². The Morgan fingerprint density at radius 2 is 1.35 bits per heavy atom. The molecule has 7 N–H and O–H groups in total. The summed E-state index contributed by atoms with van der Waals surface area (Å²) in [5.74, 6) is -0.385. The van der Waals surface area contributed by atoms with Crippen LogP contribution in [0.4, 0.5) is 15.3 Å². The van der Waals surface area contributed by atoms with Crippen LogP contribution in [0.1, 0.15) is 149 Å². The first-order chi connectivity index (χ1) is 48.3. The molecule has 1 aromatic heterocycles. The average Bonchev–Trinajstić information content (AvgIpc) is 1.40. The van der Waals surface area contributed by atoms with Gasteiger partial charge in [-0.3, -0.25) is 33.6 Å². The number of urea groups is 1. The van der Waals surface area contributed by atoms with E-state index in [2.05, 4.69) is 37.9 Å². The summed E-state index contributed by atoms with van der Waals surface area (Å²) in [6, 6.07) is 13.1. The van der Waals surface area contributed by atoms with Crippen LogP contribution in [0.15, 0.2) is 66.2 Å². The number of methoxy groups -OCH3 is 2. The van der Waals surface area contributed by atoms with Gasteiger partial charge in [-0.1, -0.05) is 111 Å². The summed E-state index contributed by atoms with van der Waals surface area (Å²) in [6.07, 6.45) is 2.80. The molecule has 2 aromatic carbocycles. The molecule has 11 atom stereocenters. The number of primary amides is 1. The normalized spacial score (nSPS) is 16.1. The number of hydrogen-bond donors (Lipinski definition) is 5. The number of carbonyl (C=O) groups excluding carboxylic acids is 9. The first-order valence-electron chi connectivity index (χ1n) is 35.7. The molecule has 7 amide bonds. The number of anilines is 1. The van der Waals surface area contributed by atoms with Gasteiger partial charge < -0.3 is 74.4 Å². The van der Waals surface area contributed by atoms with Crippen LogP contribution in [0.3, 0.4) is 0 Å². The zero-order valence-electron chi connectivity index (χ0n) is 62.0. The molecule has 1 aliphatic heterocycles. The van der Waals surface area contributed by atoms with Crippen molar-refractivity contribution in [1.29, 1.82) is 0 Å². The van der Waals surface area contributed by atoms with Crippen molar-refractivity contribution in [1.82, 2.24) is 30.3 Å². The number of nitrogens with zero attached hydrogens (tertiary/aromatic N) is 4. The van der Waals surface area contributed by atoms with Gasteiger partial charge in [0.1, 0.15) is 12.4 Å². The molecule has 26 nitrogen and oxygen atoms in total. The van der Waals surface area contributed by atoms with Crippen molar-refractivity contribution in [3.05, 3.63) is 82.3 Å². The highest BCUT2D eigenvalue weighted by molar-refractivity contribution is 7.09. The molecule has 0 unspecified atom stereocenters. The Morgan fingerprint density at radius 3 is 1.90 bits per heavy atom. The number of rotatable bonds is 51. The molecule has 0 spiro atoms. The second-order valence-corrected chi connectivity index (χ2v) is 28.2. The fraction of sp³-hybridized carbons (Fsp3) is 0.676. The molecule has 1 aliphatic rings. The van der Waals surface area contributed by atoms with E-state index in [0.29, 0.717) is 89.7 Å². The summed E-state index contributed by atoms with van der Waals surface area (Å²) >= 11 is 1.54. The molecule has 0 aliphatic carbocycles. The maximum absolute atomic E-state index is 15.0. The van der Waals surface area contributed by atoms with Gasteiger partial charge in [0.15, 0.2) is 11.6 Å². The summed E-state index contributed by atoms with van der Waals surface area (Å²) < 4.78 is 39.8. The molecule has 0 bridgehead atoms. The second-order valence-electron chi connectivity index (χ2n) is 27.2. The molecule has 2 heterocycles. The Labute approximate surface area is 602 Å². The number of thiazole rings is 1. The van der Waals surface area contributed by atoms with Crippen molar-refractivity contribution in [3.63, 3.8) is 0 Å². The van der Waals surface area contributed by atoms with E-state index in [4.69, 9.17) is 44.8 Å². The number of likely N-dealkylation sites (tertiary alicyclic amines) is 1. The van der Waals surface area contributed by atoms with E-state index >= 15 is 0 Å². The zero-order chi connectivity index (χ0) is 74.6. The predicted octanol–water partition coefficient (Wildman–Crippen LogP) is 8.32. The standard InChI is InChI=1S/C74H117N9O17S/c1-14-51(8)68(63(93-12)46-65(88)83-31-19-23-59(83)69(94-13)52(9)60(84)44-56(71-77-30-41-101-71)42-53-20-16-15-17-21-53)81(10)72(90)58(48(2)3)45-62(86)67(50(6)7)82(11)74(92)99-47-54-24-26-57(27-25-54)79-70(89)55(22-18-29-78-73(75)91)43-61(85)66(49(4)5)80-64(87)28-32-95-33-34-96-35-36-97-37-38-98-39-40-100-76/h15-17,20-21,24-27,30,41,48-52,55-56,58-59,63,66-69H,14,18-19,22-23,28-29,31-40,42-47,76H2,1-13H3,(H,79,89)(H,80,87)(H3,75,78,91)/t51-,52-,55+,56+,58-,59-,63+,66-,67-,68-,69+/m0/s1. The maximum Gasteiger partial charge on any atom is 0.410 e. The molecular formula is C74H117N9O17S. The smallest absolute Gasteiger partial charge is 0.410 e. The van der Waals surface area contributed by atoms with Crippen molar-refractivity contribution < 1.29 is 81.1 Å². The zero-order valence-corrected chi connectivity index (χ0v) is 62.8. The summed E-state index contributed by atoms with van der Waals surface area (Å²) in [6.45, 7) is 20.2. The molecule has 101 heavy (non-hydrogen) atoms. The van der Waals surface area contributed by atoms with Crippen molar-refractivity contribution in [3.8, 4) is 0 Å². The lowest BCUT2D eigenvalue weighted by Crippen LogP contribution is -2.54. The summed E-state index contributed by atoms with van der Waals surface area (Å²) in [5.41, 5.74) is 7.36. The molecule has 4 rings (SSSR count). The SMILES string of the molecule is CC[C@H](C)[C@@H]([C@@H](CC(=O)N1CCC[C@H]1[C@H](OC)[C@@H](C)C(=O)C[C@@H](Cc1ccccc1)c1nccs1)OC)N(C)C(=O)[C@@H](CC(=O)[C@H](C(C)C)N(C)C(=O)OCc1ccc(NC(=O)[C@H](CCCNC(N)=O)CC(=O)[C@@H](NC(=O)CCOCCOCCOCCOCCON)C(C)C)cc1)C(C)C.